The van der Waals surface area contributed by atoms with Crippen LogP contribution in [0.4, 0.5) is 0 Å². The van der Waals surface area contributed by atoms with E-state index in [9.17, 15) is 4.79 Å². The molecule has 1 rings (SSSR count). The van der Waals surface area contributed by atoms with Gasteiger partial charge in [0.25, 0.3) is 0 Å². The Bertz CT molecular complexity index is 157. The van der Waals surface area contributed by atoms with Gasteiger partial charge in [-0.25, -0.2) is 0 Å². The average Bonchev–Trinajstić information content (AvgIpc) is 2.17. The number of amides is 1. The lowest BCUT2D eigenvalue weighted by molar-refractivity contribution is -0.137. The van der Waals surface area contributed by atoms with Gasteiger partial charge in [-0.3, -0.25) is 4.79 Å². The Morgan fingerprint density at radius 3 is 2.67 bits per heavy atom. The van der Waals surface area contributed by atoms with Crippen molar-refractivity contribution in [2.45, 2.75) is 6.04 Å². The van der Waals surface area contributed by atoms with E-state index in [1.54, 1.807) is 4.90 Å². The van der Waals surface area contributed by atoms with Crippen molar-refractivity contribution < 1.29 is 14.6 Å². The second-order valence-corrected chi connectivity index (χ2v) is 2.73. The zero-order chi connectivity index (χ0) is 8.97. The van der Waals surface area contributed by atoms with Crippen molar-refractivity contribution in [3.63, 3.8) is 0 Å². The van der Waals surface area contributed by atoms with Gasteiger partial charge >= 0.3 is 0 Å². The lowest BCUT2D eigenvalue weighted by Crippen LogP contribution is -2.49. The second kappa shape index (κ2) is 4.39. The first-order chi connectivity index (χ1) is 5.75. The molecule has 1 atom stereocenters. The molecule has 3 N–H and O–H groups in total. The number of carbonyl (C=O) groups is 1. The van der Waals surface area contributed by atoms with Crippen LogP contribution in [-0.2, 0) is 9.53 Å². The molecule has 1 unspecified atom stereocenters. The van der Waals surface area contributed by atoms with Crippen LogP contribution < -0.4 is 5.73 Å². The lowest BCUT2D eigenvalue weighted by atomic mass is 10.2. The Labute approximate surface area is 71.1 Å². The number of ether oxygens (including phenoxy) is 1. The van der Waals surface area contributed by atoms with Gasteiger partial charge in [0, 0.05) is 13.1 Å². The minimum Gasteiger partial charge on any atom is -0.394 e. The van der Waals surface area contributed by atoms with Crippen molar-refractivity contribution in [3.8, 4) is 0 Å². The van der Waals surface area contributed by atoms with Gasteiger partial charge in [-0.05, 0) is 0 Å². The quantitative estimate of drug-likeness (QED) is 0.516. The van der Waals surface area contributed by atoms with Gasteiger partial charge in [-0.1, -0.05) is 0 Å². The third-order valence-corrected chi connectivity index (χ3v) is 1.84. The molecule has 0 spiro atoms. The van der Waals surface area contributed by atoms with E-state index in [0.717, 1.165) is 0 Å². The van der Waals surface area contributed by atoms with Crippen LogP contribution in [0.25, 0.3) is 0 Å². The third kappa shape index (κ3) is 2.17. The maximum atomic E-state index is 11.3. The Morgan fingerprint density at radius 2 is 2.17 bits per heavy atom. The van der Waals surface area contributed by atoms with Crippen LogP contribution in [0, 0.1) is 0 Å². The molecule has 0 aromatic carbocycles. The molecule has 1 heterocycles. The Morgan fingerprint density at radius 1 is 1.58 bits per heavy atom. The van der Waals surface area contributed by atoms with E-state index in [4.69, 9.17) is 15.6 Å². The molecule has 1 aliphatic heterocycles. The van der Waals surface area contributed by atoms with E-state index in [1.807, 2.05) is 0 Å². The maximum absolute atomic E-state index is 11.3. The normalized spacial score (nSPS) is 20.7. The summed E-state index contributed by atoms with van der Waals surface area (Å²) in [6, 6.07) is -0.775. The van der Waals surface area contributed by atoms with E-state index in [0.29, 0.717) is 26.3 Å². The highest BCUT2D eigenvalue weighted by Crippen LogP contribution is 1.98. The van der Waals surface area contributed by atoms with Crippen LogP contribution in [-0.4, -0.2) is 54.9 Å². The summed E-state index contributed by atoms with van der Waals surface area (Å²) in [6.07, 6.45) is 0. The zero-order valence-corrected chi connectivity index (χ0v) is 6.90. The molecular weight excluding hydrogens is 160 g/mol. The van der Waals surface area contributed by atoms with Crippen LogP contribution >= 0.6 is 0 Å². The molecule has 0 aliphatic carbocycles. The number of hydrogen-bond acceptors (Lipinski definition) is 4. The minimum absolute atomic E-state index is 0.194. The summed E-state index contributed by atoms with van der Waals surface area (Å²) in [5.74, 6) is -0.194. The van der Waals surface area contributed by atoms with E-state index >= 15 is 0 Å². The van der Waals surface area contributed by atoms with Crippen molar-refractivity contribution in [1.29, 1.82) is 0 Å². The van der Waals surface area contributed by atoms with Crippen LogP contribution in [0.1, 0.15) is 0 Å². The molecule has 1 aliphatic rings. The Balaban J connectivity index is 2.39. The molecule has 1 saturated heterocycles. The van der Waals surface area contributed by atoms with Crippen molar-refractivity contribution in [2.75, 3.05) is 32.9 Å². The first-order valence-corrected chi connectivity index (χ1v) is 3.98. The summed E-state index contributed by atoms with van der Waals surface area (Å²) in [7, 11) is 0. The predicted molar refractivity (Wildman–Crippen MR) is 42.5 cm³/mol. The monoisotopic (exact) mass is 174 g/mol. The summed E-state index contributed by atoms with van der Waals surface area (Å²) >= 11 is 0. The summed E-state index contributed by atoms with van der Waals surface area (Å²) in [5.41, 5.74) is 5.37. The molecule has 70 valence electrons. The largest absolute Gasteiger partial charge is 0.394 e. The molecule has 0 aromatic heterocycles. The van der Waals surface area contributed by atoms with Gasteiger partial charge < -0.3 is 20.5 Å². The van der Waals surface area contributed by atoms with Crippen molar-refractivity contribution in [2.24, 2.45) is 5.73 Å². The van der Waals surface area contributed by atoms with Gasteiger partial charge in [0.1, 0.15) is 6.04 Å². The molecular formula is C7H14N2O3. The number of morpholine rings is 1. The molecule has 1 amide bonds. The van der Waals surface area contributed by atoms with Gasteiger partial charge in [0.05, 0.1) is 19.8 Å². The molecule has 0 radical (unpaired) electrons. The van der Waals surface area contributed by atoms with Gasteiger partial charge in [0.15, 0.2) is 0 Å². The molecule has 5 nitrogen and oxygen atoms in total. The zero-order valence-electron chi connectivity index (χ0n) is 6.90. The predicted octanol–water partition coefficient (Wildman–Crippen LogP) is -1.84. The van der Waals surface area contributed by atoms with E-state index in [1.165, 1.54) is 0 Å². The average molecular weight is 174 g/mol. The Hall–Kier alpha value is -0.650. The molecule has 12 heavy (non-hydrogen) atoms. The maximum Gasteiger partial charge on any atom is 0.242 e. The lowest BCUT2D eigenvalue weighted by Gasteiger charge is -2.28. The van der Waals surface area contributed by atoms with Crippen LogP contribution in [0.2, 0.25) is 0 Å². The fraction of sp³-hybridized carbons (Fsp3) is 0.857. The SMILES string of the molecule is NC(CO)C(=O)N1CCOCC1. The standard InChI is InChI=1S/C7H14N2O3/c8-6(5-10)7(11)9-1-3-12-4-2-9/h6,10H,1-5,8H2. The minimum atomic E-state index is -0.775. The first kappa shape index (κ1) is 9.44. The topological polar surface area (TPSA) is 75.8 Å². The van der Waals surface area contributed by atoms with E-state index in [2.05, 4.69) is 0 Å². The van der Waals surface area contributed by atoms with Gasteiger partial charge in [-0.15, -0.1) is 0 Å². The molecule has 0 bridgehead atoms. The Kier molecular flexibility index (Phi) is 3.46. The second-order valence-electron chi connectivity index (χ2n) is 2.73. The molecule has 5 heteroatoms. The molecule has 1 fully saturated rings. The van der Waals surface area contributed by atoms with Crippen LogP contribution in [0.5, 0.6) is 0 Å². The number of hydrogen-bond donors (Lipinski definition) is 2. The number of rotatable bonds is 2. The summed E-state index contributed by atoms with van der Waals surface area (Å²) in [6.45, 7) is 1.98. The number of aliphatic hydroxyl groups is 1. The van der Waals surface area contributed by atoms with Crippen LogP contribution in [0.3, 0.4) is 0 Å². The van der Waals surface area contributed by atoms with Crippen molar-refractivity contribution in [3.05, 3.63) is 0 Å². The van der Waals surface area contributed by atoms with E-state index < -0.39 is 6.04 Å². The highest BCUT2D eigenvalue weighted by molar-refractivity contribution is 5.81. The third-order valence-electron chi connectivity index (χ3n) is 1.84. The summed E-state index contributed by atoms with van der Waals surface area (Å²) in [4.78, 5) is 12.9. The smallest absolute Gasteiger partial charge is 0.242 e. The van der Waals surface area contributed by atoms with Crippen LogP contribution in [0.15, 0.2) is 0 Å². The van der Waals surface area contributed by atoms with Gasteiger partial charge in [-0.2, -0.15) is 0 Å². The highest BCUT2D eigenvalue weighted by Gasteiger charge is 2.21. The van der Waals surface area contributed by atoms with Crippen molar-refractivity contribution >= 4 is 5.91 Å². The summed E-state index contributed by atoms with van der Waals surface area (Å²) in [5, 5.41) is 8.63. The highest BCUT2D eigenvalue weighted by atomic mass is 16.5. The fourth-order valence-electron chi connectivity index (χ4n) is 1.10. The summed E-state index contributed by atoms with van der Waals surface area (Å²) < 4.78 is 5.07. The number of nitrogens with two attached hydrogens (primary N) is 1. The number of nitrogens with zero attached hydrogens (tertiary/aromatic N) is 1. The number of aliphatic hydroxyl groups excluding tert-OH is 1. The van der Waals surface area contributed by atoms with Crippen molar-refractivity contribution in [1.82, 2.24) is 4.90 Å². The molecule has 0 saturated carbocycles. The first-order valence-electron chi connectivity index (χ1n) is 3.98. The molecule has 0 aromatic rings. The van der Waals surface area contributed by atoms with Gasteiger partial charge in [0.2, 0.25) is 5.91 Å². The fourth-order valence-corrected chi connectivity index (χ4v) is 1.10. The number of carbonyl (C=O) groups excluding carboxylic acids is 1. The van der Waals surface area contributed by atoms with E-state index in [-0.39, 0.29) is 12.5 Å².